The largest absolute Gasteiger partial charge is 0.356 e. The summed E-state index contributed by atoms with van der Waals surface area (Å²) in [5.41, 5.74) is 2.44. The Morgan fingerprint density at radius 2 is 1.90 bits per heavy atom. The first-order chi connectivity index (χ1) is 15.1. The molecule has 2 N–H and O–H groups in total. The van der Waals surface area contributed by atoms with Crippen molar-refractivity contribution in [3.8, 4) is 5.82 Å². The minimum Gasteiger partial charge on any atom is -0.356 e. The monoisotopic (exact) mass is 419 g/mol. The van der Waals surface area contributed by atoms with E-state index in [4.69, 9.17) is 0 Å². The van der Waals surface area contributed by atoms with Crippen molar-refractivity contribution < 1.29 is 0 Å². The number of rotatable bonds is 9. The summed E-state index contributed by atoms with van der Waals surface area (Å²) in [7, 11) is 3.97. The molecular weight excluding hydrogens is 386 g/mol. The van der Waals surface area contributed by atoms with Crippen molar-refractivity contribution in [2.75, 3.05) is 20.6 Å². The van der Waals surface area contributed by atoms with Gasteiger partial charge in [-0.25, -0.2) is 9.97 Å². The van der Waals surface area contributed by atoms with E-state index in [1.807, 2.05) is 30.0 Å². The fraction of sp³-hybridized carbons (Fsp3) is 0.375. The van der Waals surface area contributed by atoms with Crippen molar-refractivity contribution in [3.63, 3.8) is 0 Å². The van der Waals surface area contributed by atoms with Crippen molar-refractivity contribution in [1.82, 2.24) is 30.1 Å². The summed E-state index contributed by atoms with van der Waals surface area (Å²) < 4.78 is 1.97. The summed E-state index contributed by atoms with van der Waals surface area (Å²) in [6, 6.07) is 15.1. The van der Waals surface area contributed by atoms with Gasteiger partial charge >= 0.3 is 0 Å². The van der Waals surface area contributed by atoms with E-state index in [0.717, 1.165) is 42.7 Å². The first kappa shape index (κ1) is 22.5. The van der Waals surface area contributed by atoms with E-state index in [2.05, 4.69) is 80.9 Å². The minimum absolute atomic E-state index is 0.467. The average Bonchev–Trinajstić information content (AvgIpc) is 3.22. The van der Waals surface area contributed by atoms with Crippen molar-refractivity contribution in [2.24, 2.45) is 4.99 Å². The average molecular weight is 420 g/mol. The van der Waals surface area contributed by atoms with Crippen molar-refractivity contribution >= 4 is 5.96 Å². The SMILES string of the molecule is CN=C(NCCC(C)N(C)Cc1ccccc1)NCc1ccc(-n2ccnc2C)nc1. The molecule has 0 fully saturated rings. The van der Waals surface area contributed by atoms with Crippen LogP contribution >= 0.6 is 0 Å². The fourth-order valence-corrected chi connectivity index (χ4v) is 3.34. The van der Waals surface area contributed by atoms with Gasteiger partial charge in [-0.15, -0.1) is 0 Å². The number of hydrogen-bond donors (Lipinski definition) is 2. The highest BCUT2D eigenvalue weighted by atomic mass is 15.2. The zero-order valence-corrected chi connectivity index (χ0v) is 18.9. The van der Waals surface area contributed by atoms with Crippen LogP contribution in [0.4, 0.5) is 0 Å². The normalized spacial score (nSPS) is 12.7. The lowest BCUT2D eigenvalue weighted by Crippen LogP contribution is -2.39. The van der Waals surface area contributed by atoms with Crippen LogP contribution in [0.15, 0.2) is 66.0 Å². The van der Waals surface area contributed by atoms with Gasteiger partial charge in [-0.3, -0.25) is 14.5 Å². The molecule has 2 heterocycles. The van der Waals surface area contributed by atoms with E-state index in [1.54, 1.807) is 13.2 Å². The molecule has 0 aliphatic heterocycles. The van der Waals surface area contributed by atoms with Gasteiger partial charge in [0.1, 0.15) is 11.6 Å². The minimum atomic E-state index is 0.467. The second kappa shape index (κ2) is 11.3. The Hall–Kier alpha value is -3.19. The Bertz CT molecular complexity index is 948. The van der Waals surface area contributed by atoms with E-state index in [9.17, 15) is 0 Å². The van der Waals surface area contributed by atoms with Gasteiger partial charge in [0, 0.05) is 51.3 Å². The van der Waals surface area contributed by atoms with E-state index >= 15 is 0 Å². The number of guanidine groups is 1. The maximum absolute atomic E-state index is 4.54. The highest BCUT2D eigenvalue weighted by Gasteiger charge is 2.10. The molecule has 3 rings (SSSR count). The lowest BCUT2D eigenvalue weighted by molar-refractivity contribution is 0.238. The fourth-order valence-electron chi connectivity index (χ4n) is 3.34. The van der Waals surface area contributed by atoms with Gasteiger partial charge in [-0.05, 0) is 44.5 Å². The molecule has 0 spiro atoms. The summed E-state index contributed by atoms with van der Waals surface area (Å²) in [5, 5.41) is 6.77. The van der Waals surface area contributed by atoms with Crippen LogP contribution in [-0.2, 0) is 13.1 Å². The highest BCUT2D eigenvalue weighted by Crippen LogP contribution is 2.09. The molecule has 2 aromatic heterocycles. The van der Waals surface area contributed by atoms with Crippen LogP contribution < -0.4 is 10.6 Å². The molecule has 164 valence electrons. The second-order valence-corrected chi connectivity index (χ2v) is 7.76. The van der Waals surface area contributed by atoms with E-state index in [1.165, 1.54) is 5.56 Å². The van der Waals surface area contributed by atoms with E-state index in [0.29, 0.717) is 12.6 Å². The summed E-state index contributed by atoms with van der Waals surface area (Å²) in [4.78, 5) is 15.5. The number of nitrogens with one attached hydrogen (secondary N) is 2. The number of aromatic nitrogens is 3. The zero-order chi connectivity index (χ0) is 22.1. The molecule has 0 radical (unpaired) electrons. The number of aliphatic imine (C=N–C) groups is 1. The van der Waals surface area contributed by atoms with Gasteiger partial charge in [-0.1, -0.05) is 36.4 Å². The Balaban J connectivity index is 1.41. The number of nitrogens with zero attached hydrogens (tertiary/aromatic N) is 5. The van der Waals surface area contributed by atoms with Crippen molar-refractivity contribution in [3.05, 3.63) is 78.0 Å². The Labute approximate surface area is 185 Å². The molecule has 1 aromatic carbocycles. The standard InChI is InChI=1S/C24H33N7/c1-19(30(4)18-21-8-6-5-7-9-21)12-13-27-24(25-3)29-17-22-10-11-23(28-16-22)31-15-14-26-20(31)2/h5-11,14-16,19H,12-13,17-18H2,1-4H3,(H2,25,27,29). The third-order valence-electron chi connectivity index (χ3n) is 5.45. The van der Waals surface area contributed by atoms with Gasteiger partial charge in [0.15, 0.2) is 5.96 Å². The van der Waals surface area contributed by atoms with Crippen LogP contribution in [0, 0.1) is 6.92 Å². The van der Waals surface area contributed by atoms with Gasteiger partial charge in [0.2, 0.25) is 0 Å². The predicted octanol–water partition coefficient (Wildman–Crippen LogP) is 3.15. The Morgan fingerprint density at radius 1 is 1.10 bits per heavy atom. The summed E-state index contributed by atoms with van der Waals surface area (Å²) >= 11 is 0. The number of benzene rings is 1. The molecule has 7 nitrogen and oxygen atoms in total. The summed E-state index contributed by atoms with van der Waals surface area (Å²) in [6.45, 7) is 6.70. The molecule has 1 atom stereocenters. The molecule has 0 saturated carbocycles. The van der Waals surface area contributed by atoms with Gasteiger partial charge in [-0.2, -0.15) is 0 Å². The van der Waals surface area contributed by atoms with E-state index in [-0.39, 0.29) is 0 Å². The lowest BCUT2D eigenvalue weighted by atomic mass is 10.1. The Morgan fingerprint density at radius 3 is 2.55 bits per heavy atom. The molecule has 0 bridgehead atoms. The highest BCUT2D eigenvalue weighted by molar-refractivity contribution is 5.79. The van der Waals surface area contributed by atoms with Gasteiger partial charge < -0.3 is 10.6 Å². The van der Waals surface area contributed by atoms with Crippen LogP contribution in [0.1, 0.15) is 30.3 Å². The number of hydrogen-bond acceptors (Lipinski definition) is 4. The molecular formula is C24H33N7. The van der Waals surface area contributed by atoms with Crippen molar-refractivity contribution in [1.29, 1.82) is 0 Å². The molecule has 0 aliphatic rings. The smallest absolute Gasteiger partial charge is 0.191 e. The summed E-state index contributed by atoms with van der Waals surface area (Å²) in [6.07, 6.45) is 6.61. The van der Waals surface area contributed by atoms with Crippen molar-refractivity contribution in [2.45, 2.75) is 39.4 Å². The van der Waals surface area contributed by atoms with Crippen LogP contribution in [0.2, 0.25) is 0 Å². The third kappa shape index (κ3) is 6.65. The zero-order valence-electron chi connectivity index (χ0n) is 18.9. The maximum atomic E-state index is 4.54. The molecule has 0 amide bonds. The van der Waals surface area contributed by atoms with Gasteiger partial charge in [0.05, 0.1) is 0 Å². The number of pyridine rings is 1. The number of aryl methyl sites for hydroxylation is 1. The quantitative estimate of drug-likeness (QED) is 0.412. The lowest BCUT2D eigenvalue weighted by Gasteiger charge is -2.25. The predicted molar refractivity (Wildman–Crippen MR) is 126 cm³/mol. The molecule has 0 aliphatic carbocycles. The third-order valence-corrected chi connectivity index (χ3v) is 5.45. The first-order valence-electron chi connectivity index (χ1n) is 10.7. The van der Waals surface area contributed by atoms with Crippen LogP contribution in [0.5, 0.6) is 0 Å². The second-order valence-electron chi connectivity index (χ2n) is 7.76. The van der Waals surface area contributed by atoms with Crippen LogP contribution in [0.3, 0.4) is 0 Å². The summed E-state index contributed by atoms with van der Waals surface area (Å²) in [5.74, 6) is 2.59. The maximum Gasteiger partial charge on any atom is 0.191 e. The number of imidazole rings is 1. The molecule has 3 aromatic rings. The molecule has 0 saturated heterocycles. The molecule has 31 heavy (non-hydrogen) atoms. The molecule has 1 unspecified atom stereocenters. The first-order valence-corrected chi connectivity index (χ1v) is 10.7. The van der Waals surface area contributed by atoms with E-state index < -0.39 is 0 Å². The molecule has 7 heteroatoms. The topological polar surface area (TPSA) is 70.4 Å². The van der Waals surface area contributed by atoms with Gasteiger partial charge in [0.25, 0.3) is 0 Å². The Kier molecular flexibility index (Phi) is 8.18. The van der Waals surface area contributed by atoms with Crippen LogP contribution in [0.25, 0.3) is 5.82 Å². The van der Waals surface area contributed by atoms with Crippen LogP contribution in [-0.4, -0.2) is 52.1 Å².